The number of ether oxygens (including phenoxy) is 3. The number of nitrogens with zero attached hydrogens (tertiary/aromatic N) is 1. The molecule has 1 fully saturated rings. The smallest absolute Gasteiger partial charge is 0.330 e. The molecular formula is C31H41NO8S. The Kier molecular flexibility index (Phi) is 11.2. The molecule has 10 heteroatoms. The number of hydrogen-bond acceptors (Lipinski definition) is 10. The van der Waals surface area contributed by atoms with E-state index in [0.717, 1.165) is 27.9 Å². The summed E-state index contributed by atoms with van der Waals surface area (Å²) in [6.45, 7) is 12.4. The average Bonchev–Trinajstić information content (AvgIpc) is 3.47. The van der Waals surface area contributed by atoms with E-state index < -0.39 is 47.6 Å². The summed E-state index contributed by atoms with van der Waals surface area (Å²) >= 11 is 1.51. The van der Waals surface area contributed by atoms with E-state index in [1.54, 1.807) is 13.8 Å². The van der Waals surface area contributed by atoms with Crippen molar-refractivity contribution in [2.75, 3.05) is 6.61 Å². The van der Waals surface area contributed by atoms with Gasteiger partial charge in [0.05, 0.1) is 35.1 Å². The maximum atomic E-state index is 13.6. The molecule has 0 saturated carbocycles. The molecule has 2 aliphatic heterocycles. The van der Waals surface area contributed by atoms with E-state index in [1.807, 2.05) is 38.3 Å². The Morgan fingerprint density at radius 3 is 2.66 bits per heavy atom. The minimum Gasteiger partial charge on any atom is -0.461 e. The number of hydrogen-bond donors (Lipinski definition) is 1. The minimum atomic E-state index is -1.26. The Hall–Kier alpha value is -3.11. The lowest BCUT2D eigenvalue weighted by atomic mass is 9.71. The molecule has 0 amide bonds. The van der Waals surface area contributed by atoms with E-state index in [9.17, 15) is 24.3 Å². The lowest BCUT2D eigenvalue weighted by Gasteiger charge is -2.33. The summed E-state index contributed by atoms with van der Waals surface area (Å²) in [5.74, 6) is -2.99. The predicted molar refractivity (Wildman–Crippen MR) is 155 cm³/mol. The van der Waals surface area contributed by atoms with Gasteiger partial charge in [-0.05, 0) is 63.2 Å². The van der Waals surface area contributed by atoms with Crippen LogP contribution in [0.4, 0.5) is 0 Å². The van der Waals surface area contributed by atoms with Gasteiger partial charge in [-0.15, -0.1) is 11.3 Å². The SMILES string of the molecule is C=CC(=O)OC/C1=C/C[C@@H](/C(C)=C/c2csc(C)n2)OC(=O)C[C@H]2OC(=O)C[C@@]2(C)C(=O)[C@H](C)[C@@H](O)[C@@H](C)CCC1. The van der Waals surface area contributed by atoms with Gasteiger partial charge in [0.25, 0.3) is 0 Å². The second-order valence-corrected chi connectivity index (χ2v) is 12.4. The first-order valence-electron chi connectivity index (χ1n) is 14.0. The molecule has 2 aliphatic rings. The van der Waals surface area contributed by atoms with Crippen molar-refractivity contribution in [3.63, 3.8) is 0 Å². The highest BCUT2D eigenvalue weighted by Gasteiger charge is 2.53. The number of rotatable bonds is 5. The average molecular weight is 588 g/mol. The molecule has 1 aromatic heterocycles. The first kappa shape index (κ1) is 32.4. The van der Waals surface area contributed by atoms with Gasteiger partial charge in [-0.2, -0.15) is 0 Å². The van der Waals surface area contributed by atoms with Gasteiger partial charge in [0.2, 0.25) is 0 Å². The number of aliphatic hydroxyl groups excluding tert-OH is 1. The molecule has 1 N–H and O–H groups in total. The predicted octanol–water partition coefficient (Wildman–Crippen LogP) is 4.91. The third-order valence-electron chi connectivity index (χ3n) is 8.06. The number of carbonyl (C=O) groups excluding carboxylic acids is 4. The van der Waals surface area contributed by atoms with Crippen LogP contribution in [0.5, 0.6) is 0 Å². The number of carbonyl (C=O) groups is 4. The van der Waals surface area contributed by atoms with Gasteiger partial charge in [0.15, 0.2) is 0 Å². The third kappa shape index (κ3) is 8.45. The fraction of sp³-hybridized carbons (Fsp3) is 0.581. The van der Waals surface area contributed by atoms with Crippen molar-refractivity contribution in [2.45, 2.75) is 91.5 Å². The quantitative estimate of drug-likeness (QED) is 0.221. The zero-order valence-electron chi connectivity index (χ0n) is 24.5. The van der Waals surface area contributed by atoms with Crippen LogP contribution < -0.4 is 0 Å². The number of aryl methyl sites for hydroxylation is 1. The van der Waals surface area contributed by atoms with Crippen molar-refractivity contribution in [1.29, 1.82) is 0 Å². The number of Topliss-reactive ketones (excluding diaryl/α,β-unsaturated/α-hetero) is 1. The van der Waals surface area contributed by atoms with Crippen LogP contribution >= 0.6 is 11.3 Å². The summed E-state index contributed by atoms with van der Waals surface area (Å²) in [5, 5.41) is 13.9. The number of aromatic nitrogens is 1. The summed E-state index contributed by atoms with van der Waals surface area (Å²) in [4.78, 5) is 55.5. The summed E-state index contributed by atoms with van der Waals surface area (Å²) in [6, 6.07) is 0. The van der Waals surface area contributed by atoms with Gasteiger partial charge < -0.3 is 19.3 Å². The zero-order valence-corrected chi connectivity index (χ0v) is 25.3. The molecular weight excluding hydrogens is 546 g/mol. The highest BCUT2D eigenvalue weighted by Crippen LogP contribution is 2.42. The van der Waals surface area contributed by atoms with Crippen molar-refractivity contribution in [2.24, 2.45) is 17.3 Å². The van der Waals surface area contributed by atoms with Gasteiger partial charge in [0.1, 0.15) is 24.6 Å². The first-order valence-corrected chi connectivity index (χ1v) is 14.9. The van der Waals surface area contributed by atoms with E-state index >= 15 is 0 Å². The van der Waals surface area contributed by atoms with Crippen LogP contribution in [0.3, 0.4) is 0 Å². The molecule has 3 rings (SSSR count). The molecule has 224 valence electrons. The Morgan fingerprint density at radius 2 is 2.00 bits per heavy atom. The van der Waals surface area contributed by atoms with Gasteiger partial charge in [-0.1, -0.05) is 26.5 Å². The second-order valence-electron chi connectivity index (χ2n) is 11.4. The lowest BCUT2D eigenvalue weighted by molar-refractivity contribution is -0.155. The molecule has 0 aliphatic carbocycles. The first-order chi connectivity index (χ1) is 19.3. The highest BCUT2D eigenvalue weighted by atomic mass is 32.1. The van der Waals surface area contributed by atoms with Crippen LogP contribution in [-0.4, -0.2) is 58.7 Å². The van der Waals surface area contributed by atoms with E-state index in [-0.39, 0.29) is 31.1 Å². The summed E-state index contributed by atoms with van der Waals surface area (Å²) in [7, 11) is 0. The third-order valence-corrected chi connectivity index (χ3v) is 8.85. The molecule has 3 heterocycles. The Labute approximate surface area is 245 Å². The number of cyclic esters (lactones) is 1. The summed E-state index contributed by atoms with van der Waals surface area (Å²) < 4.78 is 16.7. The van der Waals surface area contributed by atoms with Crippen LogP contribution in [0.25, 0.3) is 6.08 Å². The molecule has 41 heavy (non-hydrogen) atoms. The largest absolute Gasteiger partial charge is 0.461 e. The van der Waals surface area contributed by atoms with Crippen LogP contribution in [0.2, 0.25) is 0 Å². The standard InChI is InChI=1S/C31H41NO8S/c1-7-26(33)38-16-22-10-8-9-18(2)29(36)20(4)30(37)31(6)15-28(35)40-25(31)14-27(34)39-24(12-11-22)19(3)13-23-17-41-21(5)32-23/h7,11,13,17-18,20,24-25,29,36H,1,8-10,12,14-16H2,2-6H3/b19-13+,22-11+/t18-,20+,24-,25+,29-,31+/m0/s1. The van der Waals surface area contributed by atoms with E-state index in [2.05, 4.69) is 11.6 Å². The van der Waals surface area contributed by atoms with Crippen LogP contribution in [-0.2, 0) is 33.4 Å². The van der Waals surface area contributed by atoms with Crippen molar-refractivity contribution in [3.05, 3.63) is 46.0 Å². The van der Waals surface area contributed by atoms with E-state index in [0.29, 0.717) is 25.7 Å². The monoisotopic (exact) mass is 587 g/mol. The number of fused-ring (bicyclic) bond motifs is 1. The topological polar surface area (TPSA) is 129 Å². The molecule has 0 radical (unpaired) electrons. The molecule has 1 aromatic rings. The van der Waals surface area contributed by atoms with Crippen LogP contribution in [0.15, 0.2) is 35.3 Å². The van der Waals surface area contributed by atoms with E-state index in [4.69, 9.17) is 14.2 Å². The van der Waals surface area contributed by atoms with Crippen molar-refractivity contribution in [3.8, 4) is 0 Å². The van der Waals surface area contributed by atoms with Crippen molar-refractivity contribution >= 4 is 41.1 Å². The molecule has 0 spiro atoms. The molecule has 0 aromatic carbocycles. The lowest BCUT2D eigenvalue weighted by Crippen LogP contribution is -2.45. The molecule has 0 unspecified atom stereocenters. The van der Waals surface area contributed by atoms with Crippen LogP contribution in [0, 0.1) is 24.2 Å². The Balaban J connectivity index is 1.96. The van der Waals surface area contributed by atoms with Crippen molar-refractivity contribution in [1.82, 2.24) is 4.98 Å². The molecule has 6 atom stereocenters. The maximum absolute atomic E-state index is 13.6. The van der Waals surface area contributed by atoms with Gasteiger partial charge in [-0.25, -0.2) is 9.78 Å². The second kappa shape index (κ2) is 14.2. The number of ketones is 1. The zero-order chi connectivity index (χ0) is 30.3. The fourth-order valence-corrected chi connectivity index (χ4v) is 6.00. The maximum Gasteiger partial charge on any atom is 0.330 e. The summed E-state index contributed by atoms with van der Waals surface area (Å²) in [5.41, 5.74) is 1.10. The Bertz CT molecular complexity index is 1220. The van der Waals surface area contributed by atoms with E-state index in [1.165, 1.54) is 11.3 Å². The normalized spacial score (nSPS) is 31.9. The minimum absolute atomic E-state index is 0.0573. The fourth-order valence-electron chi connectivity index (χ4n) is 5.43. The number of esters is 3. The van der Waals surface area contributed by atoms with Crippen LogP contribution in [0.1, 0.15) is 76.9 Å². The number of thiazole rings is 1. The van der Waals surface area contributed by atoms with Gasteiger partial charge in [0, 0.05) is 23.8 Å². The summed E-state index contributed by atoms with van der Waals surface area (Å²) in [6.07, 6.45) is 4.03. The Morgan fingerprint density at radius 1 is 1.27 bits per heavy atom. The van der Waals surface area contributed by atoms with Gasteiger partial charge >= 0.3 is 17.9 Å². The van der Waals surface area contributed by atoms with Gasteiger partial charge in [-0.3, -0.25) is 14.4 Å². The van der Waals surface area contributed by atoms with Crippen molar-refractivity contribution < 1.29 is 38.5 Å². The number of aliphatic hydroxyl groups is 1. The highest BCUT2D eigenvalue weighted by molar-refractivity contribution is 7.09. The molecule has 9 nitrogen and oxygen atoms in total. The molecule has 0 bridgehead atoms. The molecule has 1 saturated heterocycles.